The molecule has 0 aromatic heterocycles. The van der Waals surface area contributed by atoms with Crippen molar-refractivity contribution in [3.05, 3.63) is 23.8 Å². The lowest BCUT2D eigenvalue weighted by atomic mass is 10.1. The van der Waals surface area contributed by atoms with E-state index in [4.69, 9.17) is 10.5 Å². The summed E-state index contributed by atoms with van der Waals surface area (Å²) in [6, 6.07) is 5.68. The fourth-order valence-electron chi connectivity index (χ4n) is 2.98. The van der Waals surface area contributed by atoms with Gasteiger partial charge in [-0.2, -0.15) is 0 Å². The Labute approximate surface area is 126 Å². The second-order valence-electron chi connectivity index (χ2n) is 5.37. The monoisotopic (exact) mass is 291 g/mol. The molecule has 116 valence electrons. The Bertz CT molecular complexity index is 500. The fourth-order valence-corrected chi connectivity index (χ4v) is 2.98. The summed E-state index contributed by atoms with van der Waals surface area (Å²) < 4.78 is 5.18. The number of nitrogens with two attached hydrogens (primary N) is 1. The van der Waals surface area contributed by atoms with E-state index >= 15 is 0 Å². The number of likely N-dealkylation sites (tertiary alicyclic amines) is 1. The van der Waals surface area contributed by atoms with Crippen LogP contribution < -0.4 is 10.5 Å². The molecular formula is C16H25N3O2. The van der Waals surface area contributed by atoms with Gasteiger partial charge < -0.3 is 15.4 Å². The van der Waals surface area contributed by atoms with Gasteiger partial charge in [0, 0.05) is 24.8 Å². The van der Waals surface area contributed by atoms with Gasteiger partial charge in [0.1, 0.15) is 5.75 Å². The van der Waals surface area contributed by atoms with Gasteiger partial charge in [-0.25, -0.2) is 0 Å². The zero-order chi connectivity index (χ0) is 15.4. The highest BCUT2D eigenvalue weighted by molar-refractivity contribution is 5.99. The van der Waals surface area contributed by atoms with E-state index in [0.717, 1.165) is 32.6 Å². The number of anilines is 1. The Morgan fingerprint density at radius 1 is 1.43 bits per heavy atom. The van der Waals surface area contributed by atoms with E-state index in [1.807, 2.05) is 4.90 Å². The molecule has 0 radical (unpaired) electrons. The van der Waals surface area contributed by atoms with Gasteiger partial charge >= 0.3 is 0 Å². The van der Waals surface area contributed by atoms with Crippen molar-refractivity contribution in [1.82, 2.24) is 9.80 Å². The minimum atomic E-state index is 0.000978. The molecule has 1 unspecified atom stereocenters. The van der Waals surface area contributed by atoms with Crippen LogP contribution in [0, 0.1) is 0 Å². The number of methoxy groups -OCH3 is 1. The third-order valence-electron chi connectivity index (χ3n) is 4.27. The number of hydrogen-bond acceptors (Lipinski definition) is 4. The van der Waals surface area contributed by atoms with Gasteiger partial charge in [0.25, 0.3) is 5.91 Å². The van der Waals surface area contributed by atoms with Gasteiger partial charge in [0.15, 0.2) is 0 Å². The molecule has 2 N–H and O–H groups in total. The van der Waals surface area contributed by atoms with Crippen molar-refractivity contribution in [2.24, 2.45) is 0 Å². The molecule has 1 saturated heterocycles. The van der Waals surface area contributed by atoms with E-state index in [9.17, 15) is 4.79 Å². The predicted molar refractivity (Wildman–Crippen MR) is 84.6 cm³/mol. The van der Waals surface area contributed by atoms with Gasteiger partial charge in [-0.1, -0.05) is 13.8 Å². The third kappa shape index (κ3) is 3.29. The van der Waals surface area contributed by atoms with E-state index in [0.29, 0.717) is 23.0 Å². The summed E-state index contributed by atoms with van der Waals surface area (Å²) in [6.07, 6.45) is 1.03. The van der Waals surface area contributed by atoms with Crippen molar-refractivity contribution in [3.63, 3.8) is 0 Å². The first kappa shape index (κ1) is 15.6. The number of amides is 1. The second-order valence-corrected chi connectivity index (χ2v) is 5.37. The number of carbonyl (C=O) groups is 1. The number of nitrogen functional groups attached to an aromatic ring is 1. The Balaban J connectivity index is 2.11. The molecular weight excluding hydrogens is 266 g/mol. The van der Waals surface area contributed by atoms with E-state index in [1.54, 1.807) is 25.3 Å². The smallest absolute Gasteiger partial charge is 0.256 e. The van der Waals surface area contributed by atoms with Gasteiger partial charge in [0.05, 0.1) is 12.7 Å². The summed E-state index contributed by atoms with van der Waals surface area (Å²) in [5.74, 6) is 0.660. The van der Waals surface area contributed by atoms with Crippen LogP contribution in [-0.2, 0) is 0 Å². The van der Waals surface area contributed by atoms with Crippen molar-refractivity contribution in [2.75, 3.05) is 39.0 Å². The Morgan fingerprint density at radius 2 is 2.14 bits per heavy atom. The summed E-state index contributed by atoms with van der Waals surface area (Å²) >= 11 is 0. The summed E-state index contributed by atoms with van der Waals surface area (Å²) in [7, 11) is 1.59. The number of rotatable bonds is 5. The molecule has 1 heterocycles. The van der Waals surface area contributed by atoms with Crippen molar-refractivity contribution in [2.45, 2.75) is 26.3 Å². The van der Waals surface area contributed by atoms with Crippen molar-refractivity contribution in [1.29, 1.82) is 0 Å². The lowest BCUT2D eigenvalue weighted by molar-refractivity contribution is 0.0778. The Morgan fingerprint density at radius 3 is 2.76 bits per heavy atom. The van der Waals surface area contributed by atoms with Gasteiger partial charge in [-0.15, -0.1) is 0 Å². The minimum absolute atomic E-state index is 0.000978. The molecule has 2 rings (SSSR count). The molecule has 0 aliphatic carbocycles. The molecule has 0 bridgehead atoms. The first-order valence-corrected chi connectivity index (χ1v) is 7.57. The zero-order valence-corrected chi connectivity index (χ0v) is 13.1. The average Bonchev–Trinajstić information content (AvgIpc) is 2.98. The summed E-state index contributed by atoms with van der Waals surface area (Å²) in [4.78, 5) is 17.0. The number of benzene rings is 1. The number of carbonyl (C=O) groups excluding carboxylic acids is 1. The highest BCUT2D eigenvalue weighted by Crippen LogP contribution is 2.24. The van der Waals surface area contributed by atoms with Crippen LogP contribution in [0.4, 0.5) is 5.69 Å². The van der Waals surface area contributed by atoms with Crippen LogP contribution in [0.2, 0.25) is 0 Å². The number of nitrogens with zero attached hydrogens (tertiary/aromatic N) is 2. The largest absolute Gasteiger partial charge is 0.497 e. The lowest BCUT2D eigenvalue weighted by Gasteiger charge is -2.26. The predicted octanol–water partition coefficient (Wildman–Crippen LogP) is 1.83. The second kappa shape index (κ2) is 6.80. The Hall–Kier alpha value is -1.75. The maximum absolute atomic E-state index is 12.7. The third-order valence-corrected chi connectivity index (χ3v) is 4.27. The normalized spacial score (nSPS) is 18.3. The Kier molecular flexibility index (Phi) is 5.07. The van der Waals surface area contributed by atoms with E-state index in [1.165, 1.54) is 0 Å². The zero-order valence-electron chi connectivity index (χ0n) is 13.1. The van der Waals surface area contributed by atoms with Gasteiger partial charge in [-0.3, -0.25) is 9.69 Å². The summed E-state index contributed by atoms with van der Waals surface area (Å²) in [5.41, 5.74) is 6.99. The molecule has 5 heteroatoms. The van der Waals surface area contributed by atoms with Crippen LogP contribution in [0.25, 0.3) is 0 Å². The summed E-state index contributed by atoms with van der Waals surface area (Å²) in [6.45, 7) is 7.92. The first-order valence-electron chi connectivity index (χ1n) is 7.57. The van der Waals surface area contributed by atoms with E-state index < -0.39 is 0 Å². The molecule has 5 nitrogen and oxygen atoms in total. The molecule has 21 heavy (non-hydrogen) atoms. The van der Waals surface area contributed by atoms with Crippen molar-refractivity contribution in [3.8, 4) is 5.75 Å². The standard InChI is InChI=1S/C16H25N3O2/c1-4-18(5-2)12-8-9-19(11-12)16(20)14-10-13(21-3)6-7-15(14)17/h6-7,10,12H,4-5,8-9,11,17H2,1-3H3. The topological polar surface area (TPSA) is 58.8 Å². The fraction of sp³-hybridized carbons (Fsp3) is 0.562. The highest BCUT2D eigenvalue weighted by Gasteiger charge is 2.30. The van der Waals surface area contributed by atoms with Crippen LogP contribution in [0.15, 0.2) is 18.2 Å². The average molecular weight is 291 g/mol. The SMILES string of the molecule is CCN(CC)C1CCN(C(=O)c2cc(OC)ccc2N)C1. The maximum atomic E-state index is 12.7. The molecule has 1 fully saturated rings. The van der Waals surface area contributed by atoms with Crippen LogP contribution in [-0.4, -0.2) is 55.0 Å². The molecule has 1 aliphatic rings. The molecule has 1 aliphatic heterocycles. The van der Waals surface area contributed by atoms with E-state index in [-0.39, 0.29) is 5.91 Å². The van der Waals surface area contributed by atoms with Crippen LogP contribution >= 0.6 is 0 Å². The van der Waals surface area contributed by atoms with Crippen LogP contribution in [0.5, 0.6) is 5.75 Å². The van der Waals surface area contributed by atoms with Gasteiger partial charge in [0.2, 0.25) is 0 Å². The quantitative estimate of drug-likeness (QED) is 0.841. The van der Waals surface area contributed by atoms with Crippen molar-refractivity contribution >= 4 is 11.6 Å². The maximum Gasteiger partial charge on any atom is 0.256 e. The summed E-state index contributed by atoms with van der Waals surface area (Å²) in [5, 5.41) is 0. The minimum Gasteiger partial charge on any atom is -0.497 e. The van der Waals surface area contributed by atoms with Crippen molar-refractivity contribution < 1.29 is 9.53 Å². The molecule has 0 saturated carbocycles. The lowest BCUT2D eigenvalue weighted by Crippen LogP contribution is -2.38. The number of hydrogen-bond donors (Lipinski definition) is 1. The number of ether oxygens (including phenoxy) is 1. The van der Waals surface area contributed by atoms with Gasteiger partial charge in [-0.05, 0) is 37.7 Å². The first-order chi connectivity index (χ1) is 10.1. The molecule has 0 spiro atoms. The molecule has 1 aromatic carbocycles. The number of likely N-dealkylation sites (N-methyl/N-ethyl adjacent to an activating group) is 1. The molecule has 1 atom stereocenters. The van der Waals surface area contributed by atoms with E-state index in [2.05, 4.69) is 18.7 Å². The molecule has 1 amide bonds. The van der Waals surface area contributed by atoms with Crippen LogP contribution in [0.3, 0.4) is 0 Å². The molecule has 1 aromatic rings. The van der Waals surface area contributed by atoms with Crippen LogP contribution in [0.1, 0.15) is 30.6 Å². The highest BCUT2D eigenvalue weighted by atomic mass is 16.5.